The molecule has 4 aliphatic rings. The maximum absolute atomic E-state index is 12.8. The fourth-order valence-corrected chi connectivity index (χ4v) is 5.45. The number of nitrogens with zero attached hydrogens (tertiary/aromatic N) is 3. The third kappa shape index (κ3) is 3.05. The van der Waals surface area contributed by atoms with Gasteiger partial charge in [-0.3, -0.25) is 14.7 Å². The summed E-state index contributed by atoms with van der Waals surface area (Å²) in [4.78, 5) is 21.7. The van der Waals surface area contributed by atoms with Gasteiger partial charge in [0.05, 0.1) is 13.2 Å². The van der Waals surface area contributed by atoms with Gasteiger partial charge < -0.3 is 9.64 Å². The molecule has 1 saturated carbocycles. The quantitative estimate of drug-likeness (QED) is 0.834. The average molecular weight is 355 g/mol. The zero-order chi connectivity index (χ0) is 17.6. The minimum atomic E-state index is 0.291. The van der Waals surface area contributed by atoms with Crippen molar-refractivity contribution in [3.8, 4) is 0 Å². The number of carbonyl (C=O) groups excluding carboxylic acids is 1. The minimum absolute atomic E-state index is 0.291. The first kappa shape index (κ1) is 16.7. The Morgan fingerprint density at radius 1 is 1.12 bits per heavy atom. The Balaban J connectivity index is 1.11. The topological polar surface area (TPSA) is 45.7 Å². The molecule has 5 nitrogen and oxygen atoms in total. The molecule has 0 radical (unpaired) electrons. The number of carbonyl (C=O) groups is 1. The number of hydrogen-bond donors (Lipinski definition) is 0. The van der Waals surface area contributed by atoms with Crippen molar-refractivity contribution in [1.82, 2.24) is 14.8 Å². The molecule has 1 aromatic rings. The van der Waals surface area contributed by atoms with Crippen LogP contribution in [0.4, 0.5) is 0 Å². The first-order chi connectivity index (χ1) is 12.7. The summed E-state index contributed by atoms with van der Waals surface area (Å²) in [7, 11) is 0. The highest BCUT2D eigenvalue weighted by atomic mass is 16.5. The van der Waals surface area contributed by atoms with Gasteiger partial charge in [0.1, 0.15) is 0 Å². The van der Waals surface area contributed by atoms with Gasteiger partial charge in [-0.15, -0.1) is 0 Å². The van der Waals surface area contributed by atoms with Gasteiger partial charge in [0.25, 0.3) is 0 Å². The number of amides is 1. The van der Waals surface area contributed by atoms with Gasteiger partial charge in [0, 0.05) is 37.9 Å². The Hall–Kier alpha value is -1.46. The van der Waals surface area contributed by atoms with Crippen molar-refractivity contribution < 1.29 is 9.53 Å². The lowest BCUT2D eigenvalue weighted by atomic mass is 9.71. The number of fused-ring (bicyclic) bond motifs is 1. The molecule has 0 bridgehead atoms. The fourth-order valence-electron chi connectivity index (χ4n) is 5.45. The van der Waals surface area contributed by atoms with Crippen molar-refractivity contribution in [3.05, 3.63) is 30.1 Å². The van der Waals surface area contributed by atoms with Crippen molar-refractivity contribution in [2.24, 2.45) is 23.2 Å². The number of rotatable bonds is 3. The van der Waals surface area contributed by atoms with Crippen LogP contribution in [0.5, 0.6) is 0 Å². The van der Waals surface area contributed by atoms with Crippen LogP contribution in [0.2, 0.25) is 0 Å². The number of piperidine rings is 2. The molecule has 3 atom stereocenters. The molecule has 140 valence electrons. The van der Waals surface area contributed by atoms with E-state index in [0.717, 1.165) is 32.8 Å². The Morgan fingerprint density at radius 2 is 1.81 bits per heavy atom. The van der Waals surface area contributed by atoms with Gasteiger partial charge in [0.15, 0.2) is 0 Å². The molecule has 5 heteroatoms. The molecule has 4 heterocycles. The molecule has 5 rings (SSSR count). The van der Waals surface area contributed by atoms with Gasteiger partial charge in [-0.1, -0.05) is 6.07 Å². The Labute approximate surface area is 155 Å². The molecular formula is C21H29N3O2. The van der Waals surface area contributed by atoms with Crippen molar-refractivity contribution in [3.63, 3.8) is 0 Å². The molecule has 1 aliphatic carbocycles. The molecule has 1 unspecified atom stereocenters. The van der Waals surface area contributed by atoms with E-state index in [0.29, 0.717) is 29.1 Å². The largest absolute Gasteiger partial charge is 0.381 e. The van der Waals surface area contributed by atoms with Gasteiger partial charge >= 0.3 is 0 Å². The number of hydrogen-bond acceptors (Lipinski definition) is 4. The van der Waals surface area contributed by atoms with Gasteiger partial charge in [-0.25, -0.2) is 0 Å². The zero-order valence-corrected chi connectivity index (χ0v) is 15.5. The van der Waals surface area contributed by atoms with Crippen LogP contribution < -0.4 is 0 Å². The predicted octanol–water partition coefficient (Wildman–Crippen LogP) is 2.18. The first-order valence-corrected chi connectivity index (χ1v) is 10.2. The van der Waals surface area contributed by atoms with E-state index in [9.17, 15) is 4.79 Å². The summed E-state index contributed by atoms with van der Waals surface area (Å²) >= 11 is 0. The molecule has 3 aliphatic heterocycles. The summed E-state index contributed by atoms with van der Waals surface area (Å²) in [6, 6.07) is 4.19. The van der Waals surface area contributed by atoms with Crippen LogP contribution >= 0.6 is 0 Å². The first-order valence-electron chi connectivity index (χ1n) is 10.2. The lowest BCUT2D eigenvalue weighted by molar-refractivity contribution is -0.137. The van der Waals surface area contributed by atoms with Crippen molar-refractivity contribution in [2.75, 3.05) is 39.4 Å². The second kappa shape index (κ2) is 6.61. The molecule has 4 fully saturated rings. The van der Waals surface area contributed by atoms with Gasteiger partial charge in [0.2, 0.25) is 5.91 Å². The highest BCUT2D eigenvalue weighted by Crippen LogP contribution is 2.52. The molecule has 0 aromatic carbocycles. The van der Waals surface area contributed by atoms with E-state index in [1.165, 1.54) is 44.3 Å². The van der Waals surface area contributed by atoms with E-state index in [-0.39, 0.29) is 0 Å². The molecule has 1 amide bonds. The molecule has 0 N–H and O–H groups in total. The number of ether oxygens (including phenoxy) is 1. The van der Waals surface area contributed by atoms with Crippen LogP contribution in [0, 0.1) is 23.2 Å². The van der Waals surface area contributed by atoms with Crippen LogP contribution in [0.25, 0.3) is 0 Å². The summed E-state index contributed by atoms with van der Waals surface area (Å²) < 4.78 is 5.44. The van der Waals surface area contributed by atoms with Crippen LogP contribution in [-0.4, -0.2) is 60.1 Å². The highest BCUT2D eigenvalue weighted by Gasteiger charge is 2.59. The van der Waals surface area contributed by atoms with E-state index in [1.54, 1.807) is 0 Å². The third-order valence-corrected chi connectivity index (χ3v) is 7.42. The van der Waals surface area contributed by atoms with E-state index < -0.39 is 0 Å². The van der Waals surface area contributed by atoms with Gasteiger partial charge in [-0.05, 0) is 67.7 Å². The van der Waals surface area contributed by atoms with Crippen LogP contribution in [-0.2, 0) is 16.1 Å². The molecular weight excluding hydrogens is 326 g/mol. The smallest absolute Gasteiger partial charge is 0.226 e. The standard InChI is InChI=1S/C21H29N3O2/c25-20(19-17-14-26-15-18(17)19)24-10-5-21(6-11-24)3-8-23(9-4-21)13-16-2-1-7-22-12-16/h1-2,7,12,17-19H,3-6,8-11,13-15H2/t17-,18+,19?. The Kier molecular flexibility index (Phi) is 4.24. The maximum atomic E-state index is 12.8. The Morgan fingerprint density at radius 3 is 2.46 bits per heavy atom. The number of likely N-dealkylation sites (tertiary alicyclic amines) is 2. The van der Waals surface area contributed by atoms with Crippen LogP contribution in [0.15, 0.2) is 24.5 Å². The van der Waals surface area contributed by atoms with Crippen LogP contribution in [0.3, 0.4) is 0 Å². The molecule has 3 saturated heterocycles. The molecule has 1 spiro atoms. The van der Waals surface area contributed by atoms with E-state index in [4.69, 9.17) is 4.74 Å². The normalized spacial score (nSPS) is 33.2. The lowest BCUT2D eigenvalue weighted by Gasteiger charge is -2.47. The predicted molar refractivity (Wildman–Crippen MR) is 98.3 cm³/mol. The fraction of sp³-hybridized carbons (Fsp3) is 0.714. The highest BCUT2D eigenvalue weighted by molar-refractivity contribution is 5.82. The van der Waals surface area contributed by atoms with E-state index in [1.807, 2.05) is 18.5 Å². The van der Waals surface area contributed by atoms with E-state index in [2.05, 4.69) is 20.9 Å². The van der Waals surface area contributed by atoms with Crippen molar-refractivity contribution >= 4 is 5.91 Å². The third-order valence-electron chi connectivity index (χ3n) is 7.42. The van der Waals surface area contributed by atoms with Crippen molar-refractivity contribution in [2.45, 2.75) is 32.2 Å². The second-order valence-corrected chi connectivity index (χ2v) is 8.85. The molecule has 26 heavy (non-hydrogen) atoms. The maximum Gasteiger partial charge on any atom is 0.226 e. The Bertz CT molecular complexity index is 636. The monoisotopic (exact) mass is 355 g/mol. The molecule has 1 aromatic heterocycles. The SMILES string of the molecule is O=C(C1[C@H]2COC[C@@H]12)N1CCC2(CCN(Cc3cccnc3)CC2)CC1. The van der Waals surface area contributed by atoms with Gasteiger partial charge in [-0.2, -0.15) is 0 Å². The zero-order valence-electron chi connectivity index (χ0n) is 15.5. The second-order valence-electron chi connectivity index (χ2n) is 8.85. The van der Waals surface area contributed by atoms with E-state index >= 15 is 0 Å². The number of aromatic nitrogens is 1. The summed E-state index contributed by atoms with van der Waals surface area (Å²) in [5.74, 6) is 1.79. The summed E-state index contributed by atoms with van der Waals surface area (Å²) in [5, 5.41) is 0. The summed E-state index contributed by atoms with van der Waals surface area (Å²) in [6.07, 6.45) is 8.75. The summed E-state index contributed by atoms with van der Waals surface area (Å²) in [5.41, 5.74) is 1.79. The van der Waals surface area contributed by atoms with Crippen LogP contribution in [0.1, 0.15) is 31.2 Å². The summed E-state index contributed by atoms with van der Waals surface area (Å²) in [6.45, 7) is 6.93. The minimum Gasteiger partial charge on any atom is -0.381 e. The lowest BCUT2D eigenvalue weighted by Crippen LogP contribution is -2.48. The van der Waals surface area contributed by atoms with Crippen molar-refractivity contribution in [1.29, 1.82) is 0 Å². The average Bonchev–Trinajstić information content (AvgIpc) is 3.16. The number of pyridine rings is 1.